The SMILES string of the molecule is O=C1C2(CCCC13O[C@H]3c1ccc(Cl)cc1)O[C@@H]2c1ccc(Cl)cc1. The number of ketones is 1. The van der Waals surface area contributed by atoms with Crippen LogP contribution in [0.2, 0.25) is 10.0 Å². The molecule has 3 aliphatic rings. The van der Waals surface area contributed by atoms with Crippen molar-refractivity contribution in [3.05, 3.63) is 69.7 Å². The van der Waals surface area contributed by atoms with Gasteiger partial charge in [0, 0.05) is 10.0 Å². The third-order valence-corrected chi connectivity index (χ3v) is 6.10. The molecule has 0 N–H and O–H groups in total. The third-order valence-electron chi connectivity index (χ3n) is 5.60. The summed E-state index contributed by atoms with van der Waals surface area (Å²) >= 11 is 11.9. The molecular weight excluding hydrogens is 359 g/mol. The standard InChI is InChI=1S/C20H16Cl2O3/c21-14-6-2-12(3-7-14)16-19(24-16)10-1-11-20(18(19)23)17(25-20)13-4-8-15(22)9-5-13/h2-9,16-17H,1,10-11H2/t16-,17+,19?,20?. The van der Waals surface area contributed by atoms with Crippen LogP contribution in [0.1, 0.15) is 42.6 Å². The summed E-state index contributed by atoms with van der Waals surface area (Å²) in [7, 11) is 0. The molecule has 2 aromatic carbocycles. The number of hydrogen-bond acceptors (Lipinski definition) is 3. The Morgan fingerprint density at radius 2 is 1.16 bits per heavy atom. The minimum absolute atomic E-state index is 0.0890. The summed E-state index contributed by atoms with van der Waals surface area (Å²) in [6.45, 7) is 0. The first-order valence-electron chi connectivity index (χ1n) is 8.47. The number of Topliss-reactive ketones (excluding diaryl/α,β-unsaturated/α-hetero) is 1. The average molecular weight is 375 g/mol. The molecule has 2 spiro atoms. The maximum Gasteiger partial charge on any atom is 0.202 e. The van der Waals surface area contributed by atoms with Gasteiger partial charge in [0.1, 0.15) is 12.2 Å². The zero-order chi connectivity index (χ0) is 17.2. The predicted molar refractivity (Wildman–Crippen MR) is 94.9 cm³/mol. The number of ether oxygens (including phenoxy) is 2. The molecule has 1 aliphatic carbocycles. The van der Waals surface area contributed by atoms with E-state index in [1.54, 1.807) is 0 Å². The van der Waals surface area contributed by atoms with Gasteiger partial charge < -0.3 is 9.47 Å². The van der Waals surface area contributed by atoms with Crippen LogP contribution in [0.4, 0.5) is 0 Å². The Balaban J connectivity index is 1.41. The van der Waals surface area contributed by atoms with Gasteiger partial charge in [-0.2, -0.15) is 0 Å². The van der Waals surface area contributed by atoms with E-state index in [1.165, 1.54) is 0 Å². The molecule has 1 saturated carbocycles. The number of rotatable bonds is 2. The van der Waals surface area contributed by atoms with E-state index in [-0.39, 0.29) is 18.0 Å². The Bertz CT molecular complexity index is 779. The summed E-state index contributed by atoms with van der Waals surface area (Å²) in [6, 6.07) is 15.1. The molecule has 5 rings (SSSR count). The molecule has 25 heavy (non-hydrogen) atoms. The van der Waals surface area contributed by atoms with Gasteiger partial charge in [0.25, 0.3) is 0 Å². The molecule has 128 valence electrons. The molecule has 3 fully saturated rings. The van der Waals surface area contributed by atoms with Crippen LogP contribution in [-0.2, 0) is 14.3 Å². The zero-order valence-corrected chi connectivity index (χ0v) is 14.9. The van der Waals surface area contributed by atoms with E-state index in [4.69, 9.17) is 32.7 Å². The predicted octanol–water partition coefficient (Wildman–Crippen LogP) is 5.07. The second-order valence-electron chi connectivity index (χ2n) is 7.06. The summed E-state index contributed by atoms with van der Waals surface area (Å²) in [5.41, 5.74) is 0.539. The molecule has 3 nitrogen and oxygen atoms in total. The van der Waals surface area contributed by atoms with Gasteiger partial charge in [0.15, 0.2) is 11.2 Å². The van der Waals surface area contributed by atoms with Gasteiger partial charge in [-0.15, -0.1) is 0 Å². The van der Waals surface area contributed by atoms with Gasteiger partial charge in [0.2, 0.25) is 5.78 Å². The van der Waals surface area contributed by atoms with Crippen LogP contribution >= 0.6 is 23.2 Å². The highest BCUT2D eigenvalue weighted by Gasteiger charge is 2.76. The molecule has 2 aliphatic heterocycles. The van der Waals surface area contributed by atoms with Crippen LogP contribution in [0.5, 0.6) is 0 Å². The summed E-state index contributed by atoms with van der Waals surface area (Å²) < 4.78 is 11.9. The van der Waals surface area contributed by atoms with Crippen molar-refractivity contribution < 1.29 is 14.3 Å². The molecule has 4 atom stereocenters. The van der Waals surface area contributed by atoms with Crippen LogP contribution in [-0.4, -0.2) is 17.0 Å². The van der Waals surface area contributed by atoms with Gasteiger partial charge in [-0.1, -0.05) is 47.5 Å². The molecule has 2 aromatic rings. The van der Waals surface area contributed by atoms with E-state index in [0.29, 0.717) is 10.0 Å². The fourth-order valence-electron chi connectivity index (χ4n) is 4.23. The van der Waals surface area contributed by atoms with Gasteiger partial charge in [0.05, 0.1) is 0 Å². The lowest BCUT2D eigenvalue weighted by molar-refractivity contribution is -0.132. The van der Waals surface area contributed by atoms with Crippen molar-refractivity contribution in [2.45, 2.75) is 42.7 Å². The van der Waals surface area contributed by atoms with Crippen molar-refractivity contribution in [1.29, 1.82) is 0 Å². The van der Waals surface area contributed by atoms with Gasteiger partial charge in [-0.3, -0.25) is 4.79 Å². The number of hydrogen-bond donors (Lipinski definition) is 0. The highest BCUT2D eigenvalue weighted by molar-refractivity contribution is 6.30. The molecule has 0 bridgehead atoms. The molecular formula is C20H16Cl2O3. The number of halogens is 2. The van der Waals surface area contributed by atoms with Crippen LogP contribution < -0.4 is 0 Å². The lowest BCUT2D eigenvalue weighted by Crippen LogP contribution is -2.43. The number of carbonyl (C=O) groups excluding carboxylic acids is 1. The summed E-state index contributed by atoms with van der Waals surface area (Å²) in [6.07, 6.45) is 2.03. The number of benzene rings is 2. The second-order valence-corrected chi connectivity index (χ2v) is 7.93. The maximum atomic E-state index is 13.3. The zero-order valence-electron chi connectivity index (χ0n) is 13.4. The Morgan fingerprint density at radius 1 is 0.760 bits per heavy atom. The fourth-order valence-corrected chi connectivity index (χ4v) is 4.48. The smallest absolute Gasteiger partial charge is 0.202 e. The van der Waals surface area contributed by atoms with Gasteiger partial charge in [-0.05, 0) is 54.7 Å². The third kappa shape index (κ3) is 2.30. The lowest BCUT2D eigenvalue weighted by atomic mass is 9.74. The molecule has 2 saturated heterocycles. The van der Waals surface area contributed by atoms with Gasteiger partial charge in [-0.25, -0.2) is 0 Å². The highest BCUT2D eigenvalue weighted by Crippen LogP contribution is 2.65. The highest BCUT2D eigenvalue weighted by atomic mass is 35.5. The normalized spacial score (nSPS) is 36.0. The van der Waals surface area contributed by atoms with E-state index in [0.717, 1.165) is 30.4 Å². The van der Waals surface area contributed by atoms with E-state index >= 15 is 0 Å². The summed E-state index contributed by atoms with van der Waals surface area (Å²) in [4.78, 5) is 13.3. The van der Waals surface area contributed by atoms with Gasteiger partial charge >= 0.3 is 0 Å². The molecule has 2 unspecified atom stereocenters. The van der Waals surface area contributed by atoms with Crippen molar-refractivity contribution in [3.63, 3.8) is 0 Å². The van der Waals surface area contributed by atoms with Crippen molar-refractivity contribution in [1.82, 2.24) is 0 Å². The molecule has 0 aromatic heterocycles. The quantitative estimate of drug-likeness (QED) is 0.689. The molecule has 5 heteroatoms. The lowest BCUT2D eigenvalue weighted by Gasteiger charge is -2.24. The first-order chi connectivity index (χ1) is 12.1. The van der Waals surface area contributed by atoms with E-state index in [2.05, 4.69) is 0 Å². The van der Waals surface area contributed by atoms with E-state index in [9.17, 15) is 4.79 Å². The van der Waals surface area contributed by atoms with Crippen molar-refractivity contribution in [2.24, 2.45) is 0 Å². The first kappa shape index (κ1) is 15.8. The second kappa shape index (κ2) is 5.31. The summed E-state index contributed by atoms with van der Waals surface area (Å²) in [5, 5.41) is 1.36. The Hall–Kier alpha value is -1.39. The van der Waals surface area contributed by atoms with Crippen molar-refractivity contribution >= 4 is 29.0 Å². The van der Waals surface area contributed by atoms with E-state index in [1.807, 2.05) is 48.5 Å². The van der Waals surface area contributed by atoms with Crippen LogP contribution in [0.25, 0.3) is 0 Å². The molecule has 2 heterocycles. The van der Waals surface area contributed by atoms with Crippen LogP contribution in [0, 0.1) is 0 Å². The Labute approximate surface area is 155 Å². The van der Waals surface area contributed by atoms with Crippen LogP contribution in [0.15, 0.2) is 48.5 Å². The first-order valence-corrected chi connectivity index (χ1v) is 9.22. The van der Waals surface area contributed by atoms with Crippen molar-refractivity contribution in [3.8, 4) is 0 Å². The number of epoxide rings is 2. The minimum Gasteiger partial charge on any atom is -0.353 e. The fraction of sp³-hybridized carbons (Fsp3) is 0.350. The van der Waals surface area contributed by atoms with E-state index < -0.39 is 11.2 Å². The monoisotopic (exact) mass is 374 g/mol. The topological polar surface area (TPSA) is 42.1 Å². The summed E-state index contributed by atoms with van der Waals surface area (Å²) in [5.74, 6) is 0.0890. The molecule has 0 radical (unpaired) electrons. The van der Waals surface area contributed by atoms with Crippen LogP contribution in [0.3, 0.4) is 0 Å². The number of carbonyl (C=O) groups is 1. The minimum atomic E-state index is -0.729. The largest absolute Gasteiger partial charge is 0.353 e. The Kier molecular flexibility index (Phi) is 3.36. The van der Waals surface area contributed by atoms with Crippen molar-refractivity contribution in [2.75, 3.05) is 0 Å². The Morgan fingerprint density at radius 3 is 1.56 bits per heavy atom. The maximum absolute atomic E-state index is 13.3. The molecule has 0 amide bonds. The average Bonchev–Trinajstić information content (AvgIpc) is 3.51.